The van der Waals surface area contributed by atoms with Gasteiger partial charge in [0.2, 0.25) is 11.8 Å². The third-order valence-electron chi connectivity index (χ3n) is 10.3. The Hall–Kier alpha value is -2.61. The third-order valence-corrected chi connectivity index (χ3v) is 10.3. The van der Waals surface area contributed by atoms with E-state index in [1.807, 2.05) is 17.9 Å². The van der Waals surface area contributed by atoms with Crippen molar-refractivity contribution in [3.05, 3.63) is 34.7 Å². The second-order valence-corrected chi connectivity index (χ2v) is 13.2. The van der Waals surface area contributed by atoms with E-state index in [2.05, 4.69) is 10.4 Å². The van der Waals surface area contributed by atoms with Gasteiger partial charge in [-0.1, -0.05) is 25.3 Å². The number of nitrogens with two attached hydrogens (primary N) is 1. The minimum atomic E-state index is -0.110. The number of carbonyl (C=O) groups excluding carboxylic acids is 2. The first-order chi connectivity index (χ1) is 19.4. The highest BCUT2D eigenvalue weighted by atomic mass is 16.5. The molecular weight excluding hydrogens is 502 g/mol. The highest BCUT2D eigenvalue weighted by molar-refractivity contribution is 5.97. The van der Waals surface area contributed by atoms with E-state index >= 15 is 0 Å². The monoisotopic (exact) mass is 549 g/mol. The largest absolute Gasteiger partial charge is 0.477 e. The fourth-order valence-corrected chi connectivity index (χ4v) is 7.74. The highest BCUT2D eigenvalue weighted by Crippen LogP contribution is 2.50. The summed E-state index contributed by atoms with van der Waals surface area (Å²) >= 11 is 0. The van der Waals surface area contributed by atoms with Gasteiger partial charge in [-0.25, -0.2) is 4.68 Å². The number of aromatic nitrogens is 2. The molecule has 5 aliphatic carbocycles. The summed E-state index contributed by atoms with van der Waals surface area (Å²) in [5, 5.41) is 7.95. The molecular formula is C32H47N5O3. The molecule has 218 valence electrons. The van der Waals surface area contributed by atoms with Gasteiger partial charge in [-0.3, -0.25) is 9.59 Å². The number of amides is 2. The molecule has 1 aromatic rings. The second kappa shape index (κ2) is 12.1. The first kappa shape index (κ1) is 27.6. The van der Waals surface area contributed by atoms with Crippen molar-refractivity contribution in [2.45, 2.75) is 103 Å². The van der Waals surface area contributed by atoms with Crippen LogP contribution in [0.1, 0.15) is 101 Å². The lowest BCUT2D eigenvalue weighted by Gasteiger charge is -2.37. The molecule has 4 bridgehead atoms. The molecule has 2 atom stereocenters. The lowest BCUT2D eigenvalue weighted by Crippen LogP contribution is -2.43. The molecule has 7 rings (SSSR count). The SMILES string of the molecule is C/C(=C\Cn1ncc(C(=O)NC2=C3CC(C3)CC3CCC2C3)c1OCC1CCCCC1)C(=O)N1CCC(N)CC1. The molecule has 6 aliphatic rings. The van der Waals surface area contributed by atoms with Crippen molar-refractivity contribution in [1.82, 2.24) is 20.0 Å². The number of allylic oxidation sites excluding steroid dienone is 3. The van der Waals surface area contributed by atoms with Gasteiger partial charge in [-0.05, 0) is 100 Å². The Balaban J connectivity index is 1.18. The van der Waals surface area contributed by atoms with Gasteiger partial charge in [0.05, 0.1) is 19.3 Å². The number of likely N-dealkylation sites (tertiary alicyclic amines) is 1. The second-order valence-electron chi connectivity index (χ2n) is 13.2. The molecule has 2 amide bonds. The maximum atomic E-state index is 13.7. The van der Waals surface area contributed by atoms with E-state index in [-0.39, 0.29) is 17.9 Å². The van der Waals surface area contributed by atoms with Crippen LogP contribution in [-0.2, 0) is 11.3 Å². The Morgan fingerprint density at radius 2 is 1.82 bits per heavy atom. The van der Waals surface area contributed by atoms with Gasteiger partial charge < -0.3 is 20.7 Å². The third kappa shape index (κ3) is 6.02. The van der Waals surface area contributed by atoms with E-state index in [0.717, 1.165) is 37.5 Å². The smallest absolute Gasteiger partial charge is 0.262 e. The van der Waals surface area contributed by atoms with Crippen molar-refractivity contribution in [2.24, 2.45) is 29.4 Å². The topological polar surface area (TPSA) is 102 Å². The molecule has 3 saturated carbocycles. The molecule has 4 fully saturated rings. The number of hydrogen-bond acceptors (Lipinski definition) is 5. The van der Waals surface area contributed by atoms with E-state index in [9.17, 15) is 9.59 Å². The number of nitrogens with zero attached hydrogens (tertiary/aromatic N) is 3. The molecule has 1 saturated heterocycles. The summed E-state index contributed by atoms with van der Waals surface area (Å²) in [5.41, 5.74) is 9.85. The van der Waals surface area contributed by atoms with Gasteiger partial charge in [0, 0.05) is 30.4 Å². The van der Waals surface area contributed by atoms with Gasteiger partial charge in [0.1, 0.15) is 5.56 Å². The number of hydrogen-bond donors (Lipinski definition) is 2. The van der Waals surface area contributed by atoms with E-state index in [1.54, 1.807) is 10.9 Å². The van der Waals surface area contributed by atoms with Gasteiger partial charge >= 0.3 is 0 Å². The van der Waals surface area contributed by atoms with E-state index in [0.29, 0.717) is 55.1 Å². The van der Waals surface area contributed by atoms with Crippen LogP contribution in [0.25, 0.3) is 0 Å². The van der Waals surface area contributed by atoms with Gasteiger partial charge in [0.15, 0.2) is 0 Å². The molecule has 1 aromatic heterocycles. The van der Waals surface area contributed by atoms with Crippen LogP contribution in [-0.4, -0.2) is 52.2 Å². The van der Waals surface area contributed by atoms with Crippen LogP contribution < -0.4 is 15.8 Å². The fourth-order valence-electron chi connectivity index (χ4n) is 7.74. The Labute approximate surface area is 238 Å². The molecule has 8 nitrogen and oxygen atoms in total. The summed E-state index contributed by atoms with van der Waals surface area (Å²) in [5.74, 6) is 3.08. The van der Waals surface area contributed by atoms with Gasteiger partial charge in [-0.15, -0.1) is 0 Å². The van der Waals surface area contributed by atoms with Crippen molar-refractivity contribution >= 4 is 11.8 Å². The van der Waals surface area contributed by atoms with Gasteiger partial charge in [0.25, 0.3) is 5.91 Å². The Kier molecular flexibility index (Phi) is 8.33. The molecule has 0 aromatic carbocycles. The summed E-state index contributed by atoms with van der Waals surface area (Å²) in [7, 11) is 0. The van der Waals surface area contributed by atoms with Crippen molar-refractivity contribution in [2.75, 3.05) is 19.7 Å². The van der Waals surface area contributed by atoms with E-state index < -0.39 is 0 Å². The fraction of sp³-hybridized carbons (Fsp3) is 0.719. The Bertz CT molecular complexity index is 1150. The Morgan fingerprint density at radius 3 is 2.60 bits per heavy atom. The standard InChI is InChI=1S/C32H47N5O3/c1-21(31(39)36-12-10-27(33)11-13-36)9-14-37-32(40-20-22-5-3-2-4-6-22)28(19-34-37)30(38)35-29-25-8-7-23(16-25)15-24-17-26(29)18-24/h9,19,22-25,27H,2-8,10-18,20,33H2,1H3,(H,35,38)/b21-9+,29-26?. The zero-order valence-corrected chi connectivity index (χ0v) is 24.2. The summed E-state index contributed by atoms with van der Waals surface area (Å²) in [6, 6.07) is 0.186. The number of carbonyl (C=O) groups is 2. The lowest BCUT2D eigenvalue weighted by atomic mass is 9.70. The van der Waals surface area contributed by atoms with Crippen molar-refractivity contribution < 1.29 is 14.3 Å². The number of nitrogens with one attached hydrogen (secondary N) is 1. The van der Waals surface area contributed by atoms with Crippen molar-refractivity contribution in [3.8, 4) is 5.88 Å². The minimum Gasteiger partial charge on any atom is -0.477 e. The van der Waals surface area contributed by atoms with Crippen LogP contribution in [0.4, 0.5) is 0 Å². The molecule has 2 heterocycles. The van der Waals surface area contributed by atoms with Crippen LogP contribution in [0.15, 0.2) is 29.1 Å². The first-order valence-electron chi connectivity index (χ1n) is 15.9. The summed E-state index contributed by atoms with van der Waals surface area (Å²) in [6.45, 7) is 4.25. The normalized spacial score (nSPS) is 27.7. The van der Waals surface area contributed by atoms with Crippen molar-refractivity contribution in [3.63, 3.8) is 0 Å². The van der Waals surface area contributed by atoms with Gasteiger partial charge in [-0.2, -0.15) is 5.10 Å². The van der Waals surface area contributed by atoms with Crippen LogP contribution in [0.3, 0.4) is 0 Å². The van der Waals surface area contributed by atoms with Crippen LogP contribution in [0.5, 0.6) is 5.88 Å². The number of piperidine rings is 1. The Morgan fingerprint density at radius 1 is 1.05 bits per heavy atom. The lowest BCUT2D eigenvalue weighted by molar-refractivity contribution is -0.128. The van der Waals surface area contributed by atoms with Crippen LogP contribution >= 0.6 is 0 Å². The predicted octanol–water partition coefficient (Wildman–Crippen LogP) is 4.95. The van der Waals surface area contributed by atoms with Crippen LogP contribution in [0.2, 0.25) is 0 Å². The molecule has 2 unspecified atom stereocenters. The summed E-state index contributed by atoms with van der Waals surface area (Å²) in [6.07, 6.45) is 18.7. The average Bonchev–Trinajstić information content (AvgIpc) is 3.59. The highest BCUT2D eigenvalue weighted by Gasteiger charge is 2.39. The molecule has 0 radical (unpaired) electrons. The predicted molar refractivity (Wildman–Crippen MR) is 155 cm³/mol. The van der Waals surface area contributed by atoms with Crippen molar-refractivity contribution in [1.29, 1.82) is 0 Å². The molecule has 40 heavy (non-hydrogen) atoms. The maximum Gasteiger partial charge on any atom is 0.262 e. The summed E-state index contributed by atoms with van der Waals surface area (Å²) < 4.78 is 8.16. The molecule has 1 aliphatic heterocycles. The minimum absolute atomic E-state index is 0.0491. The maximum absolute atomic E-state index is 13.7. The molecule has 3 N–H and O–H groups in total. The van der Waals surface area contributed by atoms with E-state index in [1.165, 1.54) is 69.1 Å². The number of ether oxygens (including phenoxy) is 1. The molecule has 8 heteroatoms. The average molecular weight is 550 g/mol. The van der Waals surface area contributed by atoms with E-state index in [4.69, 9.17) is 10.5 Å². The van der Waals surface area contributed by atoms with Crippen LogP contribution in [0, 0.1) is 23.7 Å². The summed E-state index contributed by atoms with van der Waals surface area (Å²) in [4.78, 5) is 28.7. The molecule has 0 spiro atoms. The quantitative estimate of drug-likeness (QED) is 0.447. The number of rotatable bonds is 8. The zero-order valence-electron chi connectivity index (χ0n) is 24.2. The zero-order chi connectivity index (χ0) is 27.6. The first-order valence-corrected chi connectivity index (χ1v) is 15.9.